The van der Waals surface area contributed by atoms with Crippen molar-refractivity contribution in [3.8, 4) is 0 Å². The van der Waals surface area contributed by atoms with Gasteiger partial charge in [0.2, 0.25) is 0 Å². The van der Waals surface area contributed by atoms with Crippen LogP contribution in [0.2, 0.25) is 0 Å². The maximum Gasteiger partial charge on any atom is 0.312 e. The summed E-state index contributed by atoms with van der Waals surface area (Å²) in [7, 11) is 4.79. The first-order valence-corrected chi connectivity index (χ1v) is 12.8. The lowest BCUT2D eigenvalue weighted by Crippen LogP contribution is -2.46. The number of aliphatic imine (C=N–C) groups is 1. The fourth-order valence-corrected chi connectivity index (χ4v) is 4.18. The Labute approximate surface area is 219 Å². The minimum atomic E-state index is -0.524. The van der Waals surface area contributed by atoms with Crippen LogP contribution in [0, 0.1) is 11.8 Å². The topological polar surface area (TPSA) is 111 Å². The number of allylic oxidation sites excluding steroid dienone is 4. The Bertz CT molecular complexity index is 918. The van der Waals surface area contributed by atoms with Crippen LogP contribution >= 0.6 is 0 Å². The molecule has 10 heteroatoms. The Morgan fingerprint density at radius 3 is 2.32 bits per heavy atom. The smallest absolute Gasteiger partial charge is 0.312 e. The Balaban J connectivity index is 0.00000334. The average molecular weight is 520 g/mol. The molecule has 0 spiro atoms. The molecule has 2 aliphatic rings. The molecule has 3 amide bonds. The minimum absolute atomic E-state index is 0.00457. The molecule has 2 aliphatic carbocycles. The number of carbonyl (C=O) groups excluding carboxylic acids is 4. The highest BCUT2D eigenvalue weighted by Gasteiger charge is 2.30. The molecule has 1 saturated carbocycles. The number of hydrogen-bond acceptors (Lipinski definition) is 5. The maximum atomic E-state index is 13.4. The summed E-state index contributed by atoms with van der Waals surface area (Å²) in [6, 6.07) is 0.0327. The summed E-state index contributed by atoms with van der Waals surface area (Å²) < 4.78 is 13.4. The summed E-state index contributed by atoms with van der Waals surface area (Å²) >= 11 is 0. The van der Waals surface area contributed by atoms with Crippen molar-refractivity contribution < 1.29 is 23.6 Å². The zero-order valence-electron chi connectivity index (χ0n) is 22.9. The number of amides is 3. The van der Waals surface area contributed by atoms with Crippen molar-refractivity contribution in [2.24, 2.45) is 16.8 Å². The number of hydrogen-bond donors (Lipinski definition) is 2. The van der Waals surface area contributed by atoms with Crippen LogP contribution in [0.15, 0.2) is 40.3 Å². The molecule has 1 unspecified atom stereocenters. The lowest BCUT2D eigenvalue weighted by atomic mass is 9.85. The number of aldehydes is 1. The van der Waals surface area contributed by atoms with E-state index in [2.05, 4.69) is 15.6 Å². The summed E-state index contributed by atoms with van der Waals surface area (Å²) in [5.41, 5.74) is 0.634. The van der Waals surface area contributed by atoms with Gasteiger partial charge in [-0.1, -0.05) is 19.9 Å². The van der Waals surface area contributed by atoms with E-state index >= 15 is 0 Å². The highest BCUT2D eigenvalue weighted by Crippen LogP contribution is 2.27. The first-order valence-electron chi connectivity index (χ1n) is 12.8. The molecule has 0 aromatic carbocycles. The summed E-state index contributed by atoms with van der Waals surface area (Å²) in [6.07, 6.45) is 10.2. The molecule has 1 fully saturated rings. The molecule has 2 N–H and O–H groups in total. The molecular weight excluding hydrogens is 477 g/mol. The summed E-state index contributed by atoms with van der Waals surface area (Å²) in [6.45, 7) is 6.56. The van der Waals surface area contributed by atoms with Crippen LogP contribution in [0.3, 0.4) is 0 Å². The van der Waals surface area contributed by atoms with Crippen molar-refractivity contribution in [2.45, 2.75) is 58.9 Å². The van der Waals surface area contributed by atoms with Gasteiger partial charge in [-0.05, 0) is 62.5 Å². The Morgan fingerprint density at radius 1 is 1.11 bits per heavy atom. The summed E-state index contributed by atoms with van der Waals surface area (Å²) in [5, 5.41) is 5.53. The first-order chi connectivity index (χ1) is 17.6. The van der Waals surface area contributed by atoms with Crippen LogP contribution in [-0.2, 0) is 19.2 Å². The lowest BCUT2D eigenvalue weighted by molar-refractivity contribution is -0.151. The van der Waals surface area contributed by atoms with E-state index in [0.717, 1.165) is 31.8 Å². The fourth-order valence-electron chi connectivity index (χ4n) is 4.18. The molecule has 206 valence electrons. The van der Waals surface area contributed by atoms with Gasteiger partial charge in [0.1, 0.15) is 17.8 Å². The molecule has 2 rings (SSSR count). The number of likely N-dealkylation sites (N-methyl/N-ethyl adjacent to an activating group) is 2. The molecule has 0 heterocycles. The standard InChI is InChI=1S/C25H36FN5O4.C2H6/c1-17-13-19(7-10-21(17)26)15-28-23(33)22(11-12-32)29-16-27-14-18-5-8-20(9-6-18)31(4)25(35)24(34)30(2)3;1-2/h10-13,16,18-20H,5-9,14-15H2,1-4H3,(H,27,29)(H,28,33);1-2H3/b22-11-;. The van der Waals surface area contributed by atoms with E-state index in [1.54, 1.807) is 34.1 Å². The summed E-state index contributed by atoms with van der Waals surface area (Å²) in [5.74, 6) is -1.36. The molecule has 9 nitrogen and oxygen atoms in total. The molecular formula is C27H42FN5O4. The number of carbonyl (C=O) groups is 4. The van der Waals surface area contributed by atoms with E-state index < -0.39 is 17.7 Å². The Kier molecular flexibility index (Phi) is 14.1. The molecule has 37 heavy (non-hydrogen) atoms. The van der Waals surface area contributed by atoms with Crippen LogP contribution in [0.5, 0.6) is 0 Å². The molecule has 1 atom stereocenters. The van der Waals surface area contributed by atoms with Crippen molar-refractivity contribution in [1.82, 2.24) is 20.4 Å². The predicted octanol–water partition coefficient (Wildman–Crippen LogP) is 2.75. The normalized spacial score (nSPS) is 21.6. The third-order valence-corrected chi connectivity index (χ3v) is 6.41. The molecule has 0 saturated heterocycles. The van der Waals surface area contributed by atoms with E-state index in [1.165, 1.54) is 22.2 Å². The fraction of sp³-hybridized carbons (Fsp3) is 0.593. The van der Waals surface area contributed by atoms with Gasteiger partial charge >= 0.3 is 11.8 Å². The summed E-state index contributed by atoms with van der Waals surface area (Å²) in [4.78, 5) is 54.7. The highest BCUT2D eigenvalue weighted by atomic mass is 19.1. The van der Waals surface area contributed by atoms with E-state index in [4.69, 9.17) is 0 Å². The second kappa shape index (κ2) is 16.4. The van der Waals surface area contributed by atoms with Gasteiger partial charge in [0.05, 0.1) is 6.34 Å². The van der Waals surface area contributed by atoms with Crippen molar-refractivity contribution in [1.29, 1.82) is 0 Å². The van der Waals surface area contributed by atoms with E-state index in [9.17, 15) is 23.6 Å². The average Bonchev–Trinajstić information content (AvgIpc) is 2.91. The van der Waals surface area contributed by atoms with Gasteiger partial charge in [0.25, 0.3) is 5.91 Å². The maximum absolute atomic E-state index is 13.4. The second-order valence-corrected chi connectivity index (χ2v) is 9.25. The highest BCUT2D eigenvalue weighted by molar-refractivity contribution is 6.34. The molecule has 0 bridgehead atoms. The molecule has 0 aliphatic heterocycles. The van der Waals surface area contributed by atoms with Crippen LogP contribution in [-0.4, -0.2) is 80.4 Å². The van der Waals surface area contributed by atoms with Gasteiger partial charge in [-0.2, -0.15) is 0 Å². The van der Waals surface area contributed by atoms with Crippen molar-refractivity contribution in [3.05, 3.63) is 35.3 Å². The SMILES string of the molecule is CC.CC1=CC(CNC(=O)/C(=C/C=O)NC=NCC2CCC(N(C)C(=O)C(=O)N(C)C)CC2)CC=C1F. The van der Waals surface area contributed by atoms with Gasteiger partial charge in [0, 0.05) is 46.4 Å². The van der Waals surface area contributed by atoms with Gasteiger partial charge in [-0.3, -0.25) is 24.2 Å². The Hall–Kier alpha value is -3.30. The predicted molar refractivity (Wildman–Crippen MR) is 143 cm³/mol. The van der Waals surface area contributed by atoms with Crippen molar-refractivity contribution in [3.63, 3.8) is 0 Å². The largest absolute Gasteiger partial charge is 0.350 e. The van der Waals surface area contributed by atoms with Crippen LogP contribution in [0.1, 0.15) is 52.9 Å². The van der Waals surface area contributed by atoms with E-state index in [0.29, 0.717) is 37.3 Å². The van der Waals surface area contributed by atoms with Crippen LogP contribution < -0.4 is 10.6 Å². The first kappa shape index (κ1) is 31.7. The molecule has 0 aromatic heterocycles. The third-order valence-electron chi connectivity index (χ3n) is 6.41. The van der Waals surface area contributed by atoms with Gasteiger partial charge < -0.3 is 20.4 Å². The van der Waals surface area contributed by atoms with Crippen LogP contribution in [0.4, 0.5) is 4.39 Å². The van der Waals surface area contributed by atoms with Crippen molar-refractivity contribution >= 4 is 30.3 Å². The monoisotopic (exact) mass is 519 g/mol. The van der Waals surface area contributed by atoms with Crippen molar-refractivity contribution in [2.75, 3.05) is 34.2 Å². The molecule has 0 aromatic rings. The zero-order chi connectivity index (χ0) is 28.0. The lowest BCUT2D eigenvalue weighted by Gasteiger charge is -2.34. The van der Waals surface area contributed by atoms with E-state index in [-0.39, 0.29) is 23.5 Å². The number of nitrogens with zero attached hydrogens (tertiary/aromatic N) is 3. The Morgan fingerprint density at radius 2 is 1.76 bits per heavy atom. The van der Waals surface area contributed by atoms with Gasteiger partial charge in [0.15, 0.2) is 0 Å². The van der Waals surface area contributed by atoms with E-state index in [1.807, 2.05) is 13.8 Å². The quantitative estimate of drug-likeness (QED) is 0.160. The number of nitrogens with one attached hydrogen (secondary N) is 2. The second-order valence-electron chi connectivity index (χ2n) is 9.25. The number of halogens is 1. The van der Waals surface area contributed by atoms with Gasteiger partial charge in [-0.15, -0.1) is 0 Å². The van der Waals surface area contributed by atoms with Crippen LogP contribution in [0.25, 0.3) is 0 Å². The third kappa shape index (κ3) is 10.3. The minimum Gasteiger partial charge on any atom is -0.350 e. The zero-order valence-corrected chi connectivity index (χ0v) is 22.9. The number of rotatable bonds is 9. The van der Waals surface area contributed by atoms with Gasteiger partial charge in [-0.25, -0.2) is 4.39 Å². The molecule has 0 radical (unpaired) electrons.